The number of hydrogen-bond donors (Lipinski definition) is 2. The summed E-state index contributed by atoms with van der Waals surface area (Å²) >= 11 is 0. The molecule has 0 saturated carbocycles. The summed E-state index contributed by atoms with van der Waals surface area (Å²) in [6.07, 6.45) is 4.95. The lowest BCUT2D eigenvalue weighted by molar-refractivity contribution is 0.0698. The van der Waals surface area contributed by atoms with Gasteiger partial charge in [0.15, 0.2) is 5.43 Å². The zero-order chi connectivity index (χ0) is 27.3. The third-order valence-electron chi connectivity index (χ3n) is 6.72. The topological polar surface area (TPSA) is 123 Å². The Morgan fingerprint density at radius 1 is 1.10 bits per heavy atom. The van der Waals surface area contributed by atoms with Crippen LogP contribution in [0.25, 0.3) is 39.5 Å². The quantitative estimate of drug-likeness (QED) is 0.264. The minimum absolute atomic E-state index is 0.163. The van der Waals surface area contributed by atoms with Crippen molar-refractivity contribution in [2.75, 3.05) is 5.32 Å². The number of oxazole rings is 1. The lowest BCUT2D eigenvalue weighted by atomic mass is 10.00. The highest BCUT2D eigenvalue weighted by Crippen LogP contribution is 2.32. The summed E-state index contributed by atoms with van der Waals surface area (Å²) in [5, 5.41) is 13.3. The first kappa shape index (κ1) is 24.2. The average Bonchev–Trinajstić information content (AvgIpc) is 3.55. The monoisotopic (exact) mass is 520 g/mol. The highest BCUT2D eigenvalue weighted by atomic mass is 16.4. The highest BCUT2D eigenvalue weighted by Gasteiger charge is 2.20. The number of anilines is 1. The number of hydrogen-bond acceptors (Lipinski definition) is 7. The second-order valence-electron chi connectivity index (χ2n) is 9.45. The number of carbonyl (C=O) groups is 1. The van der Waals surface area contributed by atoms with Crippen molar-refractivity contribution in [1.82, 2.24) is 14.4 Å². The Labute approximate surface area is 222 Å². The fourth-order valence-electron chi connectivity index (χ4n) is 4.92. The number of fused-ring (bicyclic) bond motifs is 2. The zero-order valence-electron chi connectivity index (χ0n) is 21.4. The Morgan fingerprint density at radius 2 is 1.92 bits per heavy atom. The maximum absolute atomic E-state index is 13.3. The number of aromatic carboxylic acids is 1. The first-order valence-electron chi connectivity index (χ1n) is 12.4. The summed E-state index contributed by atoms with van der Waals surface area (Å²) in [4.78, 5) is 33.9. The van der Waals surface area contributed by atoms with Crippen LogP contribution in [-0.4, -0.2) is 25.4 Å². The van der Waals surface area contributed by atoms with Crippen LogP contribution in [0.2, 0.25) is 0 Å². The van der Waals surface area contributed by atoms with Gasteiger partial charge in [-0.25, -0.2) is 14.8 Å². The van der Waals surface area contributed by atoms with Crippen molar-refractivity contribution < 1.29 is 18.7 Å². The lowest BCUT2D eigenvalue weighted by Crippen LogP contribution is -2.12. The fourth-order valence-corrected chi connectivity index (χ4v) is 4.92. The van der Waals surface area contributed by atoms with Crippen molar-refractivity contribution in [3.05, 3.63) is 106 Å². The van der Waals surface area contributed by atoms with Gasteiger partial charge in [-0.15, -0.1) is 0 Å². The Morgan fingerprint density at radius 3 is 2.69 bits per heavy atom. The molecule has 6 aromatic rings. The van der Waals surface area contributed by atoms with E-state index in [1.165, 1.54) is 12.3 Å². The Balaban J connectivity index is 1.46. The van der Waals surface area contributed by atoms with Gasteiger partial charge in [-0.2, -0.15) is 0 Å². The van der Waals surface area contributed by atoms with Crippen molar-refractivity contribution in [3.63, 3.8) is 0 Å². The maximum Gasteiger partial charge on any atom is 0.337 e. The summed E-state index contributed by atoms with van der Waals surface area (Å²) in [6.45, 7) is 5.70. The number of carboxylic acids is 1. The average molecular weight is 521 g/mol. The largest absolute Gasteiger partial charge is 0.478 e. The Kier molecular flexibility index (Phi) is 5.76. The van der Waals surface area contributed by atoms with Gasteiger partial charge in [0.05, 0.1) is 28.9 Å². The number of carboxylic acid groups (broad SMARTS) is 1. The molecule has 39 heavy (non-hydrogen) atoms. The molecule has 0 saturated heterocycles. The van der Waals surface area contributed by atoms with Crippen LogP contribution in [0, 0.1) is 13.8 Å². The maximum atomic E-state index is 13.3. The standard InChI is InChI=1S/C30H24N4O5/c1-16-12-21(17(2)32-23-7-5-4-6-20(23)30(36)37)28-22(13-16)24(35)15-25(39-28)19-8-10-34-26(14-19)33-18(3)27(34)29-31-9-11-38-29/h4-15,17,32H,1-3H3,(H,36,37)/t17-/m1/s1. The number of aryl methyl sites for hydroxylation is 2. The van der Waals surface area contributed by atoms with Gasteiger partial charge < -0.3 is 19.3 Å². The van der Waals surface area contributed by atoms with Gasteiger partial charge in [-0.3, -0.25) is 9.20 Å². The van der Waals surface area contributed by atoms with Crippen LogP contribution in [-0.2, 0) is 0 Å². The van der Waals surface area contributed by atoms with Gasteiger partial charge in [-0.1, -0.05) is 18.2 Å². The minimum Gasteiger partial charge on any atom is -0.478 e. The van der Waals surface area contributed by atoms with Gasteiger partial charge in [0.2, 0.25) is 5.89 Å². The van der Waals surface area contributed by atoms with Crippen molar-refractivity contribution in [3.8, 4) is 22.9 Å². The van der Waals surface area contributed by atoms with E-state index in [1.807, 2.05) is 49.6 Å². The van der Waals surface area contributed by atoms with E-state index in [0.717, 1.165) is 22.5 Å². The summed E-state index contributed by atoms with van der Waals surface area (Å²) in [5.41, 5.74) is 5.40. The first-order valence-corrected chi connectivity index (χ1v) is 12.4. The van der Waals surface area contributed by atoms with Gasteiger partial charge >= 0.3 is 5.97 Å². The number of rotatable bonds is 6. The van der Waals surface area contributed by atoms with Gasteiger partial charge in [-0.05, 0) is 56.7 Å². The Bertz CT molecular complexity index is 1940. The molecule has 0 aliphatic carbocycles. The molecule has 0 fully saturated rings. The number of nitrogens with one attached hydrogen (secondary N) is 1. The molecule has 9 heteroatoms. The molecule has 2 aromatic carbocycles. The molecule has 4 heterocycles. The number of imidazole rings is 1. The van der Waals surface area contributed by atoms with Gasteiger partial charge in [0.25, 0.3) is 0 Å². The summed E-state index contributed by atoms with van der Waals surface area (Å²) in [6, 6.07) is 15.3. The van der Waals surface area contributed by atoms with Crippen molar-refractivity contribution in [2.24, 2.45) is 0 Å². The molecule has 194 valence electrons. The SMILES string of the molecule is Cc1cc([C@@H](C)Nc2ccccc2C(=O)O)c2oc(-c3ccn4c(-c5ncco5)c(C)nc4c3)cc(=O)c2c1. The van der Waals surface area contributed by atoms with E-state index >= 15 is 0 Å². The zero-order valence-corrected chi connectivity index (χ0v) is 21.4. The van der Waals surface area contributed by atoms with E-state index in [1.54, 1.807) is 36.5 Å². The van der Waals surface area contributed by atoms with E-state index in [0.29, 0.717) is 39.5 Å². The van der Waals surface area contributed by atoms with Crippen LogP contribution >= 0.6 is 0 Å². The third-order valence-corrected chi connectivity index (χ3v) is 6.72. The predicted octanol–water partition coefficient (Wildman–Crippen LogP) is 6.25. The van der Waals surface area contributed by atoms with Crippen molar-refractivity contribution >= 4 is 28.3 Å². The number of pyridine rings is 1. The second kappa shape index (κ2) is 9.29. The van der Waals surface area contributed by atoms with E-state index in [2.05, 4.69) is 15.3 Å². The van der Waals surface area contributed by atoms with Crippen molar-refractivity contribution in [1.29, 1.82) is 0 Å². The lowest BCUT2D eigenvalue weighted by Gasteiger charge is -2.19. The number of nitrogens with zero attached hydrogens (tertiary/aromatic N) is 3. The summed E-state index contributed by atoms with van der Waals surface area (Å²) < 4.78 is 13.7. The van der Waals surface area contributed by atoms with Gasteiger partial charge in [0, 0.05) is 29.1 Å². The molecule has 0 aliphatic heterocycles. The number of para-hydroxylation sites is 1. The molecule has 0 unspecified atom stereocenters. The smallest absolute Gasteiger partial charge is 0.337 e. The normalized spacial score (nSPS) is 12.2. The molecule has 0 amide bonds. The molecule has 0 radical (unpaired) electrons. The van der Waals surface area contributed by atoms with Crippen LogP contribution in [0.4, 0.5) is 5.69 Å². The van der Waals surface area contributed by atoms with Crippen LogP contribution < -0.4 is 10.7 Å². The second-order valence-corrected chi connectivity index (χ2v) is 9.45. The highest BCUT2D eigenvalue weighted by molar-refractivity contribution is 5.94. The van der Waals surface area contributed by atoms with Crippen LogP contribution in [0.15, 0.2) is 86.9 Å². The molecule has 2 N–H and O–H groups in total. The predicted molar refractivity (Wildman–Crippen MR) is 147 cm³/mol. The molecule has 0 bridgehead atoms. The fraction of sp³-hybridized carbons (Fsp3) is 0.133. The van der Waals surface area contributed by atoms with Crippen molar-refractivity contribution in [2.45, 2.75) is 26.8 Å². The summed E-state index contributed by atoms with van der Waals surface area (Å²) in [5.74, 6) is -0.156. The third kappa shape index (κ3) is 4.23. The molecule has 1 atom stereocenters. The van der Waals surface area contributed by atoms with Crippen LogP contribution in [0.1, 0.15) is 40.1 Å². The number of benzene rings is 2. The minimum atomic E-state index is -1.02. The van der Waals surface area contributed by atoms with Crippen LogP contribution in [0.5, 0.6) is 0 Å². The first-order chi connectivity index (χ1) is 18.8. The Hall–Kier alpha value is -5.18. The number of aromatic nitrogens is 3. The van der Waals surface area contributed by atoms with E-state index in [-0.39, 0.29) is 17.0 Å². The molecule has 0 spiro atoms. The van der Waals surface area contributed by atoms with E-state index in [9.17, 15) is 14.7 Å². The molecule has 0 aliphatic rings. The molecule has 6 rings (SSSR count). The molecular formula is C30H24N4O5. The molecule has 4 aromatic heterocycles. The van der Waals surface area contributed by atoms with E-state index in [4.69, 9.17) is 8.83 Å². The molecule has 9 nitrogen and oxygen atoms in total. The summed E-state index contributed by atoms with van der Waals surface area (Å²) in [7, 11) is 0. The van der Waals surface area contributed by atoms with Gasteiger partial charge in [0.1, 0.15) is 28.9 Å². The molecular weight excluding hydrogens is 496 g/mol. The van der Waals surface area contributed by atoms with E-state index < -0.39 is 5.97 Å². The van der Waals surface area contributed by atoms with Crippen LogP contribution in [0.3, 0.4) is 0 Å².